The highest BCUT2D eigenvalue weighted by Crippen LogP contribution is 2.18. The second-order valence-electron chi connectivity index (χ2n) is 5.70. The monoisotopic (exact) mass is 348 g/mol. The van der Waals surface area contributed by atoms with Crippen LogP contribution >= 0.6 is 12.4 Å². The number of carbonyl (C=O) groups is 1. The quantitative estimate of drug-likeness (QED) is 0.830. The van der Waals surface area contributed by atoms with Crippen molar-refractivity contribution in [3.63, 3.8) is 0 Å². The number of carbonyl (C=O) groups excluding carboxylic acids is 1. The van der Waals surface area contributed by atoms with Crippen LogP contribution in [-0.2, 0) is 11.2 Å². The molecule has 2 rings (SSSR count). The largest absolute Gasteiger partial charge is 0.435 e. The molecule has 7 heteroatoms. The molecule has 1 aliphatic rings. The first-order valence-corrected chi connectivity index (χ1v) is 7.61. The number of nitrogens with two attached hydrogens (primary N) is 1. The molecule has 0 aromatic heterocycles. The summed E-state index contributed by atoms with van der Waals surface area (Å²) in [5, 5.41) is 3.03. The lowest BCUT2D eigenvalue weighted by molar-refractivity contribution is -0.122. The Labute approximate surface area is 141 Å². The lowest BCUT2D eigenvalue weighted by Gasteiger charge is -2.26. The summed E-state index contributed by atoms with van der Waals surface area (Å²) in [6.07, 6.45) is 4.75. The van der Waals surface area contributed by atoms with E-state index >= 15 is 0 Å². The Morgan fingerprint density at radius 3 is 2.39 bits per heavy atom. The number of nitrogens with one attached hydrogen (secondary N) is 1. The lowest BCUT2D eigenvalue weighted by atomic mass is 9.92. The summed E-state index contributed by atoms with van der Waals surface area (Å²) >= 11 is 0. The number of benzene rings is 1. The molecule has 0 saturated heterocycles. The highest BCUT2D eigenvalue weighted by atomic mass is 35.5. The lowest BCUT2D eigenvalue weighted by Crippen LogP contribution is -2.40. The molecule has 1 aromatic rings. The van der Waals surface area contributed by atoms with E-state index in [-0.39, 0.29) is 36.1 Å². The van der Waals surface area contributed by atoms with Gasteiger partial charge in [-0.05, 0) is 49.8 Å². The minimum atomic E-state index is -2.82. The van der Waals surface area contributed by atoms with Gasteiger partial charge in [-0.3, -0.25) is 4.79 Å². The number of aryl methyl sites for hydroxylation is 1. The summed E-state index contributed by atoms with van der Waals surface area (Å²) in [6, 6.07) is 6.87. The number of rotatable bonds is 6. The van der Waals surface area contributed by atoms with Crippen molar-refractivity contribution in [3.8, 4) is 5.75 Å². The zero-order valence-corrected chi connectivity index (χ0v) is 13.7. The molecule has 0 radical (unpaired) electrons. The molecule has 130 valence electrons. The standard InChI is InChI=1S/C16H22F2N2O2.ClH/c17-16(18)22-14-8-1-11(2-9-14)3-10-15(21)20-13-6-4-12(19)5-7-13;/h1-2,8-9,12-13,16H,3-7,10,19H2,(H,20,21);1H. The highest BCUT2D eigenvalue weighted by molar-refractivity contribution is 5.85. The normalized spacial score (nSPS) is 20.7. The summed E-state index contributed by atoms with van der Waals surface area (Å²) < 4.78 is 28.4. The van der Waals surface area contributed by atoms with Crippen LogP contribution < -0.4 is 15.8 Å². The van der Waals surface area contributed by atoms with Crippen molar-refractivity contribution in [1.82, 2.24) is 5.32 Å². The number of amides is 1. The fourth-order valence-electron chi connectivity index (χ4n) is 2.66. The van der Waals surface area contributed by atoms with Gasteiger partial charge in [0.15, 0.2) is 0 Å². The van der Waals surface area contributed by atoms with Crippen molar-refractivity contribution < 1.29 is 18.3 Å². The molecular weight excluding hydrogens is 326 g/mol. The van der Waals surface area contributed by atoms with Gasteiger partial charge < -0.3 is 15.8 Å². The topological polar surface area (TPSA) is 64.3 Å². The van der Waals surface area contributed by atoms with Gasteiger partial charge in [0.25, 0.3) is 0 Å². The summed E-state index contributed by atoms with van der Waals surface area (Å²) in [4.78, 5) is 11.9. The predicted molar refractivity (Wildman–Crippen MR) is 87.0 cm³/mol. The van der Waals surface area contributed by atoms with Gasteiger partial charge in [-0.2, -0.15) is 8.78 Å². The molecule has 0 bridgehead atoms. The molecule has 3 N–H and O–H groups in total. The first kappa shape index (κ1) is 19.6. The molecular formula is C16H23ClF2N2O2. The van der Waals surface area contributed by atoms with Crippen molar-refractivity contribution in [3.05, 3.63) is 29.8 Å². The maximum atomic E-state index is 12.0. The van der Waals surface area contributed by atoms with E-state index in [9.17, 15) is 13.6 Å². The molecule has 0 atom stereocenters. The first-order valence-electron chi connectivity index (χ1n) is 7.61. The Bertz CT molecular complexity index is 477. The van der Waals surface area contributed by atoms with Crippen molar-refractivity contribution in [1.29, 1.82) is 0 Å². The van der Waals surface area contributed by atoms with Gasteiger partial charge in [0.1, 0.15) is 5.75 Å². The maximum Gasteiger partial charge on any atom is 0.387 e. The molecule has 1 saturated carbocycles. The van der Waals surface area contributed by atoms with Crippen LogP contribution in [0.4, 0.5) is 8.78 Å². The van der Waals surface area contributed by atoms with Crippen molar-refractivity contribution >= 4 is 18.3 Å². The van der Waals surface area contributed by atoms with E-state index in [0.717, 1.165) is 31.2 Å². The van der Waals surface area contributed by atoms with E-state index in [4.69, 9.17) is 5.73 Å². The Hall–Kier alpha value is -1.40. The fourth-order valence-corrected chi connectivity index (χ4v) is 2.66. The summed E-state index contributed by atoms with van der Waals surface area (Å²) in [7, 11) is 0. The molecule has 0 unspecified atom stereocenters. The smallest absolute Gasteiger partial charge is 0.387 e. The van der Waals surface area contributed by atoms with Crippen LogP contribution in [0.5, 0.6) is 5.75 Å². The van der Waals surface area contributed by atoms with Crippen LogP contribution in [0.15, 0.2) is 24.3 Å². The van der Waals surface area contributed by atoms with Gasteiger partial charge in [0, 0.05) is 18.5 Å². The third-order valence-corrected chi connectivity index (χ3v) is 3.93. The Morgan fingerprint density at radius 2 is 1.83 bits per heavy atom. The Balaban J connectivity index is 0.00000264. The second kappa shape index (κ2) is 9.67. The van der Waals surface area contributed by atoms with E-state index in [0.29, 0.717) is 12.8 Å². The number of halogens is 3. The molecule has 1 amide bonds. The van der Waals surface area contributed by atoms with E-state index in [1.165, 1.54) is 12.1 Å². The van der Waals surface area contributed by atoms with Gasteiger partial charge in [0.05, 0.1) is 0 Å². The van der Waals surface area contributed by atoms with Gasteiger partial charge in [0.2, 0.25) is 5.91 Å². The average molecular weight is 349 g/mol. The molecule has 23 heavy (non-hydrogen) atoms. The summed E-state index contributed by atoms with van der Waals surface area (Å²) in [6.45, 7) is -2.82. The van der Waals surface area contributed by atoms with Crippen LogP contribution in [0.2, 0.25) is 0 Å². The van der Waals surface area contributed by atoms with Crippen LogP contribution in [0.3, 0.4) is 0 Å². The van der Waals surface area contributed by atoms with E-state index in [1.54, 1.807) is 12.1 Å². The van der Waals surface area contributed by atoms with Crippen LogP contribution in [0.1, 0.15) is 37.7 Å². The van der Waals surface area contributed by atoms with Crippen molar-refractivity contribution in [2.45, 2.75) is 57.2 Å². The SMILES string of the molecule is Cl.NC1CCC(NC(=O)CCc2ccc(OC(F)F)cc2)CC1. The minimum Gasteiger partial charge on any atom is -0.435 e. The van der Waals surface area contributed by atoms with Gasteiger partial charge in [-0.25, -0.2) is 0 Å². The molecule has 0 heterocycles. The molecule has 1 fully saturated rings. The summed E-state index contributed by atoms with van der Waals surface area (Å²) in [5.74, 6) is 0.148. The second-order valence-corrected chi connectivity index (χ2v) is 5.70. The number of alkyl halides is 2. The van der Waals surface area contributed by atoms with Crippen molar-refractivity contribution in [2.75, 3.05) is 0 Å². The molecule has 1 aliphatic carbocycles. The zero-order valence-electron chi connectivity index (χ0n) is 12.8. The summed E-state index contributed by atoms with van der Waals surface area (Å²) in [5.41, 5.74) is 6.75. The van der Waals surface area contributed by atoms with Gasteiger partial charge in [-0.15, -0.1) is 12.4 Å². The van der Waals surface area contributed by atoms with Crippen LogP contribution in [0, 0.1) is 0 Å². The molecule has 1 aromatic carbocycles. The molecule has 4 nitrogen and oxygen atoms in total. The molecule has 0 aliphatic heterocycles. The van der Waals surface area contributed by atoms with Crippen LogP contribution in [-0.4, -0.2) is 24.6 Å². The average Bonchev–Trinajstić information content (AvgIpc) is 2.48. The number of hydrogen-bond acceptors (Lipinski definition) is 3. The van der Waals surface area contributed by atoms with Gasteiger partial charge in [-0.1, -0.05) is 12.1 Å². The molecule has 0 spiro atoms. The van der Waals surface area contributed by atoms with Crippen LogP contribution in [0.25, 0.3) is 0 Å². The van der Waals surface area contributed by atoms with Crippen molar-refractivity contribution in [2.24, 2.45) is 5.73 Å². The number of hydrogen-bond donors (Lipinski definition) is 2. The third kappa shape index (κ3) is 7.14. The van der Waals surface area contributed by atoms with Gasteiger partial charge >= 0.3 is 6.61 Å². The Kier molecular flexibility index (Phi) is 8.26. The predicted octanol–water partition coefficient (Wildman–Crippen LogP) is 3.03. The minimum absolute atomic E-state index is 0. The highest BCUT2D eigenvalue weighted by Gasteiger charge is 2.19. The Morgan fingerprint density at radius 1 is 1.22 bits per heavy atom. The van der Waals surface area contributed by atoms with E-state index in [1.807, 2.05) is 0 Å². The maximum absolute atomic E-state index is 12.0. The number of ether oxygens (including phenoxy) is 1. The zero-order chi connectivity index (χ0) is 15.9. The van der Waals surface area contributed by atoms with E-state index in [2.05, 4.69) is 10.1 Å². The first-order chi connectivity index (χ1) is 10.5. The fraction of sp³-hybridized carbons (Fsp3) is 0.562. The van der Waals surface area contributed by atoms with E-state index < -0.39 is 6.61 Å². The third-order valence-electron chi connectivity index (χ3n) is 3.93.